The van der Waals surface area contributed by atoms with Crippen LogP contribution in [0.1, 0.15) is 77.5 Å². The molecule has 1 aliphatic heterocycles. The first-order valence-electron chi connectivity index (χ1n) is 13.3. The minimum atomic E-state index is -0.793. The number of ether oxygens (including phenoxy) is 1. The molecule has 1 aromatic rings. The normalized spacial score (nSPS) is 17.8. The van der Waals surface area contributed by atoms with Gasteiger partial charge in [0.1, 0.15) is 6.61 Å². The molecule has 4 amide bonds. The maximum absolute atomic E-state index is 13.3. The summed E-state index contributed by atoms with van der Waals surface area (Å²) in [5.41, 5.74) is 1.35. The molecule has 1 fully saturated rings. The summed E-state index contributed by atoms with van der Waals surface area (Å²) >= 11 is 0. The van der Waals surface area contributed by atoms with Gasteiger partial charge in [-0.1, -0.05) is 57.0 Å². The molecule has 2 rings (SSSR count). The van der Waals surface area contributed by atoms with Crippen molar-refractivity contribution in [1.29, 1.82) is 0 Å². The van der Waals surface area contributed by atoms with Crippen molar-refractivity contribution in [3.8, 4) is 0 Å². The first-order chi connectivity index (χ1) is 17.0. The first kappa shape index (κ1) is 29.8. The number of likely N-dealkylation sites (tertiary alicyclic amines) is 1. The largest absolute Gasteiger partial charge is 0.347 e. The Morgan fingerprint density at radius 1 is 1.08 bits per heavy atom. The van der Waals surface area contributed by atoms with E-state index >= 15 is 0 Å². The average molecular weight is 503 g/mol. The van der Waals surface area contributed by atoms with Gasteiger partial charge in [-0.15, -0.1) is 0 Å². The quantitative estimate of drug-likeness (QED) is 0.406. The van der Waals surface area contributed by atoms with Crippen LogP contribution in [-0.4, -0.2) is 78.6 Å². The standard InChI is InChI=1S/C28H46N4O4/c1-9-12-23(22-15-13-21(6)14-16-22)29-27(35)32-25(34)28(10-2,11-3)26(32)36-19-24(33)31(8)18-17-30(7)20(4)5/h13-16,20,23,26H,9-12,17-19H2,1-8H3,(H,29,35)/t23-,26+/m1/s1. The number of imide groups is 1. The molecular formula is C28H46N4O4. The van der Waals surface area contributed by atoms with Gasteiger partial charge in [0, 0.05) is 26.2 Å². The van der Waals surface area contributed by atoms with Gasteiger partial charge in [0.2, 0.25) is 11.8 Å². The fourth-order valence-corrected chi connectivity index (χ4v) is 4.55. The van der Waals surface area contributed by atoms with E-state index in [0.29, 0.717) is 25.4 Å². The van der Waals surface area contributed by atoms with Gasteiger partial charge in [-0.2, -0.15) is 0 Å². The minimum Gasteiger partial charge on any atom is -0.347 e. The summed E-state index contributed by atoms with van der Waals surface area (Å²) in [6, 6.07) is 7.77. The number of likely N-dealkylation sites (N-methyl/N-ethyl adjacent to an activating group) is 2. The predicted molar refractivity (Wildman–Crippen MR) is 142 cm³/mol. The van der Waals surface area contributed by atoms with Crippen molar-refractivity contribution in [2.75, 3.05) is 33.8 Å². The molecule has 1 heterocycles. The molecule has 0 aliphatic carbocycles. The number of rotatable bonds is 13. The Balaban J connectivity index is 2.11. The zero-order valence-electron chi connectivity index (χ0n) is 23.5. The Morgan fingerprint density at radius 2 is 1.69 bits per heavy atom. The van der Waals surface area contributed by atoms with E-state index in [0.717, 1.165) is 30.5 Å². The summed E-state index contributed by atoms with van der Waals surface area (Å²) in [6.45, 7) is 13.3. The molecule has 0 bridgehead atoms. The Labute approximate surface area is 217 Å². The predicted octanol–water partition coefficient (Wildman–Crippen LogP) is 4.34. The molecule has 36 heavy (non-hydrogen) atoms. The molecule has 0 unspecified atom stereocenters. The lowest BCUT2D eigenvalue weighted by atomic mass is 9.72. The minimum absolute atomic E-state index is 0.170. The van der Waals surface area contributed by atoms with Crippen LogP contribution >= 0.6 is 0 Å². The summed E-state index contributed by atoms with van der Waals surface area (Å²) in [5.74, 6) is -0.412. The highest BCUT2D eigenvalue weighted by Gasteiger charge is 2.62. The van der Waals surface area contributed by atoms with Crippen molar-refractivity contribution in [3.63, 3.8) is 0 Å². The van der Waals surface area contributed by atoms with Crippen molar-refractivity contribution >= 4 is 17.8 Å². The number of benzene rings is 1. The third kappa shape index (κ3) is 6.65. The van der Waals surface area contributed by atoms with Gasteiger partial charge in [0.05, 0.1) is 11.5 Å². The van der Waals surface area contributed by atoms with Gasteiger partial charge >= 0.3 is 6.03 Å². The lowest BCUT2D eigenvalue weighted by Gasteiger charge is -2.53. The number of β-lactam (4-membered cyclic amide) rings is 1. The maximum atomic E-state index is 13.3. The van der Waals surface area contributed by atoms with Crippen molar-refractivity contribution in [2.24, 2.45) is 5.41 Å². The summed E-state index contributed by atoms with van der Waals surface area (Å²) in [5, 5.41) is 3.04. The third-order valence-corrected chi connectivity index (χ3v) is 7.65. The topological polar surface area (TPSA) is 82.2 Å². The first-order valence-corrected chi connectivity index (χ1v) is 13.3. The second kappa shape index (κ2) is 13.2. The van der Waals surface area contributed by atoms with Crippen molar-refractivity contribution < 1.29 is 19.1 Å². The number of carbonyl (C=O) groups is 3. The zero-order chi connectivity index (χ0) is 27.0. The summed E-state index contributed by atoms with van der Waals surface area (Å²) in [7, 11) is 3.77. The Bertz CT molecular complexity index is 882. The molecule has 1 aromatic carbocycles. The van der Waals surface area contributed by atoms with Gasteiger partial charge in [-0.3, -0.25) is 9.59 Å². The van der Waals surface area contributed by atoms with E-state index < -0.39 is 17.7 Å². The average Bonchev–Trinajstić information content (AvgIpc) is 2.85. The molecule has 1 N–H and O–H groups in total. The number of hydrogen-bond donors (Lipinski definition) is 1. The van der Waals surface area contributed by atoms with Crippen LogP contribution < -0.4 is 5.32 Å². The van der Waals surface area contributed by atoms with Crippen LogP contribution in [-0.2, 0) is 14.3 Å². The van der Waals surface area contributed by atoms with E-state index in [1.165, 1.54) is 4.90 Å². The molecule has 0 aromatic heterocycles. The van der Waals surface area contributed by atoms with Crippen molar-refractivity contribution in [2.45, 2.75) is 85.5 Å². The summed E-state index contributed by atoms with van der Waals surface area (Å²) < 4.78 is 6.02. The van der Waals surface area contributed by atoms with Crippen LogP contribution in [0.2, 0.25) is 0 Å². The van der Waals surface area contributed by atoms with Crippen LogP contribution in [0.4, 0.5) is 4.79 Å². The Morgan fingerprint density at radius 3 is 2.22 bits per heavy atom. The summed E-state index contributed by atoms with van der Waals surface area (Å²) in [6.07, 6.45) is 1.94. The van der Waals surface area contributed by atoms with Crippen LogP contribution in [0.3, 0.4) is 0 Å². The van der Waals surface area contributed by atoms with E-state index in [9.17, 15) is 14.4 Å². The van der Waals surface area contributed by atoms with Crippen LogP contribution in [0.15, 0.2) is 24.3 Å². The molecule has 1 aliphatic rings. The molecule has 202 valence electrons. The second-order valence-electron chi connectivity index (χ2n) is 10.3. The van der Waals surface area contributed by atoms with Crippen molar-refractivity contribution in [1.82, 2.24) is 20.0 Å². The number of aryl methyl sites for hydroxylation is 1. The van der Waals surface area contributed by atoms with Gasteiger partial charge < -0.3 is 19.9 Å². The third-order valence-electron chi connectivity index (χ3n) is 7.65. The van der Waals surface area contributed by atoms with Gasteiger partial charge in [0.25, 0.3) is 0 Å². The zero-order valence-corrected chi connectivity index (χ0v) is 23.5. The number of carbonyl (C=O) groups excluding carboxylic acids is 3. The molecule has 8 heteroatoms. The second-order valence-corrected chi connectivity index (χ2v) is 10.3. The number of hydrogen-bond acceptors (Lipinski definition) is 5. The van der Waals surface area contributed by atoms with Gasteiger partial charge in [-0.05, 0) is 52.6 Å². The Hall–Kier alpha value is -2.45. The SMILES string of the molecule is CCC[C@@H](NC(=O)N1C(=O)C(CC)(CC)[C@@H]1OCC(=O)N(C)CCN(C)C(C)C)c1ccc(C)cc1. The summed E-state index contributed by atoms with van der Waals surface area (Å²) in [4.78, 5) is 44.3. The number of nitrogens with zero attached hydrogens (tertiary/aromatic N) is 3. The lowest BCUT2D eigenvalue weighted by molar-refractivity contribution is -0.211. The number of urea groups is 1. The molecule has 0 saturated carbocycles. The van der Waals surface area contributed by atoms with E-state index in [4.69, 9.17) is 4.74 Å². The Kier molecular flexibility index (Phi) is 10.9. The fraction of sp³-hybridized carbons (Fsp3) is 0.679. The monoisotopic (exact) mass is 502 g/mol. The number of nitrogens with one attached hydrogen (secondary N) is 1. The van der Waals surface area contributed by atoms with E-state index in [-0.39, 0.29) is 24.5 Å². The maximum Gasteiger partial charge on any atom is 0.326 e. The van der Waals surface area contributed by atoms with Crippen LogP contribution in [0.5, 0.6) is 0 Å². The van der Waals surface area contributed by atoms with Gasteiger partial charge in [-0.25, -0.2) is 9.69 Å². The number of amides is 4. The van der Waals surface area contributed by atoms with Crippen LogP contribution in [0.25, 0.3) is 0 Å². The molecule has 0 spiro atoms. The van der Waals surface area contributed by atoms with Gasteiger partial charge in [0.15, 0.2) is 6.23 Å². The van der Waals surface area contributed by atoms with Crippen LogP contribution in [0, 0.1) is 12.3 Å². The lowest BCUT2D eigenvalue weighted by Crippen LogP contribution is -2.72. The highest BCUT2D eigenvalue weighted by Crippen LogP contribution is 2.46. The molecule has 2 atom stereocenters. The van der Waals surface area contributed by atoms with E-state index in [1.54, 1.807) is 11.9 Å². The highest BCUT2D eigenvalue weighted by molar-refractivity contribution is 6.03. The molecular weight excluding hydrogens is 456 g/mol. The molecule has 1 saturated heterocycles. The molecule has 8 nitrogen and oxygen atoms in total. The molecule has 0 radical (unpaired) electrons. The van der Waals surface area contributed by atoms with E-state index in [1.807, 2.05) is 52.1 Å². The fourth-order valence-electron chi connectivity index (χ4n) is 4.55. The van der Waals surface area contributed by atoms with Crippen molar-refractivity contribution in [3.05, 3.63) is 35.4 Å². The smallest absolute Gasteiger partial charge is 0.326 e. The highest BCUT2D eigenvalue weighted by atomic mass is 16.5. The van der Waals surface area contributed by atoms with E-state index in [2.05, 4.69) is 31.0 Å².